The third-order valence-corrected chi connectivity index (χ3v) is 10.9. The molecule has 1 heterocycles. The molecule has 2 atom stereocenters. The zero-order chi connectivity index (χ0) is 37.0. The number of carbonyl (C=O) groups excluding carboxylic acids is 3. The number of piperidine rings is 1. The first kappa shape index (κ1) is 36.0. The topological polar surface area (TPSA) is 84.9 Å². The Morgan fingerprint density at radius 1 is 0.774 bits per heavy atom. The van der Waals surface area contributed by atoms with Crippen LogP contribution in [0.5, 0.6) is 0 Å². The molecule has 5 aromatic carbocycles. The molecule has 1 saturated heterocycles. The van der Waals surface area contributed by atoms with Crippen LogP contribution >= 0.6 is 11.6 Å². The van der Waals surface area contributed by atoms with Gasteiger partial charge < -0.3 is 19.7 Å². The first-order chi connectivity index (χ1) is 25.7. The van der Waals surface area contributed by atoms with Crippen molar-refractivity contribution in [2.45, 2.75) is 50.7 Å². The number of amides is 2. The van der Waals surface area contributed by atoms with Crippen LogP contribution in [0, 0.1) is 12.8 Å². The molecule has 53 heavy (non-hydrogen) atoms. The summed E-state index contributed by atoms with van der Waals surface area (Å²) in [5.41, 5.74) is 5.90. The van der Waals surface area contributed by atoms with E-state index in [-0.39, 0.29) is 18.4 Å². The number of hydrogen-bond donors (Lipinski definition) is 1. The van der Waals surface area contributed by atoms with Crippen molar-refractivity contribution in [3.8, 4) is 11.1 Å². The summed E-state index contributed by atoms with van der Waals surface area (Å²) >= 11 is 6.89. The van der Waals surface area contributed by atoms with Gasteiger partial charge in [-0.25, -0.2) is 4.79 Å². The number of hydrogen-bond acceptors (Lipinski definition) is 5. The Morgan fingerprint density at radius 2 is 1.34 bits per heavy atom. The number of carbonyl (C=O) groups is 3. The molecule has 1 N–H and O–H groups in total. The second kappa shape index (κ2) is 15.7. The van der Waals surface area contributed by atoms with Gasteiger partial charge in [-0.1, -0.05) is 145 Å². The number of alkyl carbamates (subject to hydrolysis) is 1. The molecule has 0 radical (unpaired) electrons. The highest BCUT2D eigenvalue weighted by Crippen LogP contribution is 2.45. The Labute approximate surface area is 315 Å². The minimum atomic E-state index is -1.46. The van der Waals surface area contributed by atoms with Crippen molar-refractivity contribution in [3.05, 3.63) is 166 Å². The van der Waals surface area contributed by atoms with Gasteiger partial charge in [-0.05, 0) is 54.0 Å². The van der Waals surface area contributed by atoms with E-state index in [4.69, 9.17) is 21.1 Å². The number of esters is 1. The molecular weight excluding hydrogens is 684 g/mol. The van der Waals surface area contributed by atoms with E-state index in [9.17, 15) is 14.4 Å². The van der Waals surface area contributed by atoms with Crippen molar-refractivity contribution in [2.75, 3.05) is 19.7 Å². The van der Waals surface area contributed by atoms with Gasteiger partial charge in [-0.3, -0.25) is 9.59 Å². The average Bonchev–Trinajstić information content (AvgIpc) is 3.50. The summed E-state index contributed by atoms with van der Waals surface area (Å²) in [7, 11) is 0. The molecule has 1 aliphatic heterocycles. The Bertz CT molecular complexity index is 2050. The van der Waals surface area contributed by atoms with Crippen LogP contribution in [0.15, 0.2) is 127 Å². The SMILES string of the molecule is Cc1ccc(C(OC(=O)C[C@H](NC(=O)OCC2c3ccccc3-c3ccccc32)C(=O)N2CCC(C)CC2)(c2ccccc2)c2ccccc2Cl)cc1. The molecule has 0 aromatic heterocycles. The molecule has 2 amide bonds. The van der Waals surface area contributed by atoms with Gasteiger partial charge in [-0.15, -0.1) is 0 Å². The minimum absolute atomic E-state index is 0.0729. The zero-order valence-electron chi connectivity index (χ0n) is 30.0. The number of benzene rings is 5. The maximum atomic E-state index is 14.4. The van der Waals surface area contributed by atoms with Crippen molar-refractivity contribution in [1.82, 2.24) is 10.2 Å². The second-order valence-corrected chi connectivity index (χ2v) is 14.5. The van der Waals surface area contributed by atoms with Gasteiger partial charge in [0, 0.05) is 40.7 Å². The normalized spacial score (nSPS) is 15.8. The summed E-state index contributed by atoms with van der Waals surface area (Å²) in [5, 5.41) is 3.19. The third-order valence-electron chi connectivity index (χ3n) is 10.6. The van der Waals surface area contributed by atoms with Crippen LogP contribution in [0.3, 0.4) is 0 Å². The Balaban J connectivity index is 1.18. The van der Waals surface area contributed by atoms with E-state index in [0.717, 1.165) is 40.7 Å². The number of ether oxygens (including phenoxy) is 2. The molecule has 7 rings (SSSR count). The van der Waals surface area contributed by atoms with Gasteiger partial charge in [0.15, 0.2) is 5.60 Å². The van der Waals surface area contributed by atoms with E-state index in [1.165, 1.54) is 0 Å². The smallest absolute Gasteiger partial charge is 0.407 e. The predicted octanol–water partition coefficient (Wildman–Crippen LogP) is 9.04. The fourth-order valence-corrected chi connectivity index (χ4v) is 7.94. The largest absolute Gasteiger partial charge is 0.449 e. The number of rotatable bonds is 10. The van der Waals surface area contributed by atoms with Crippen LogP contribution in [0.2, 0.25) is 5.02 Å². The lowest BCUT2D eigenvalue weighted by Crippen LogP contribution is -2.52. The van der Waals surface area contributed by atoms with E-state index in [1.54, 1.807) is 11.0 Å². The average molecular weight is 727 g/mol. The number of likely N-dealkylation sites (tertiary alicyclic amines) is 1. The maximum absolute atomic E-state index is 14.4. The van der Waals surface area contributed by atoms with Crippen molar-refractivity contribution >= 4 is 29.6 Å². The number of nitrogens with one attached hydrogen (secondary N) is 1. The molecule has 5 aromatic rings. The number of nitrogens with zero attached hydrogens (tertiary/aromatic N) is 1. The van der Waals surface area contributed by atoms with Crippen molar-refractivity contribution in [1.29, 1.82) is 0 Å². The molecule has 270 valence electrons. The molecule has 1 unspecified atom stereocenters. The van der Waals surface area contributed by atoms with Gasteiger partial charge in [0.2, 0.25) is 5.91 Å². The molecule has 8 heteroatoms. The zero-order valence-corrected chi connectivity index (χ0v) is 30.7. The molecular formula is C45H43ClN2O5. The van der Waals surface area contributed by atoms with Crippen molar-refractivity contribution in [2.24, 2.45) is 5.92 Å². The standard InChI is InChI=1S/C45H43ClN2O5/c1-30-20-22-33(23-21-30)45(32-12-4-3-5-13-32,39-18-10-11-19-40(39)46)53-42(49)28-41(43(50)48-26-24-31(2)25-27-48)47-44(51)52-29-38-36-16-8-6-14-34(36)35-15-7-9-17-37(35)38/h3-23,31,38,41H,24-29H2,1-2H3,(H,47,51)/t41-,45?/m0/s1. The lowest BCUT2D eigenvalue weighted by Gasteiger charge is -2.37. The summed E-state index contributed by atoms with van der Waals surface area (Å²) in [6, 6.07) is 39.5. The summed E-state index contributed by atoms with van der Waals surface area (Å²) in [4.78, 5) is 43.9. The molecule has 0 saturated carbocycles. The molecule has 1 fully saturated rings. The summed E-state index contributed by atoms with van der Waals surface area (Å²) < 4.78 is 12.5. The lowest BCUT2D eigenvalue weighted by atomic mass is 9.79. The van der Waals surface area contributed by atoms with Crippen molar-refractivity contribution < 1.29 is 23.9 Å². The predicted molar refractivity (Wildman–Crippen MR) is 207 cm³/mol. The van der Waals surface area contributed by atoms with E-state index in [2.05, 4.69) is 24.4 Å². The monoisotopic (exact) mass is 726 g/mol. The van der Waals surface area contributed by atoms with Gasteiger partial charge in [-0.2, -0.15) is 0 Å². The van der Waals surface area contributed by atoms with E-state index >= 15 is 0 Å². The number of fused-ring (bicyclic) bond motifs is 3. The van der Waals surface area contributed by atoms with Crippen LogP contribution in [-0.4, -0.2) is 48.6 Å². The number of aryl methyl sites for hydroxylation is 1. The Hall–Kier alpha value is -5.40. The highest BCUT2D eigenvalue weighted by Gasteiger charge is 2.43. The second-order valence-electron chi connectivity index (χ2n) is 14.1. The third kappa shape index (κ3) is 7.44. The van der Waals surface area contributed by atoms with Gasteiger partial charge in [0.25, 0.3) is 0 Å². The Morgan fingerprint density at radius 3 is 1.98 bits per heavy atom. The molecule has 0 bridgehead atoms. The first-order valence-corrected chi connectivity index (χ1v) is 18.6. The minimum Gasteiger partial charge on any atom is -0.449 e. The van der Waals surface area contributed by atoms with Gasteiger partial charge in [0.05, 0.1) is 6.42 Å². The van der Waals surface area contributed by atoms with Crippen LogP contribution in [0.1, 0.15) is 65.5 Å². The Kier molecular flexibility index (Phi) is 10.6. The molecule has 0 spiro atoms. The fraction of sp³-hybridized carbons (Fsp3) is 0.267. The lowest BCUT2D eigenvalue weighted by molar-refractivity contribution is -0.156. The summed E-state index contributed by atoms with van der Waals surface area (Å²) in [6.45, 7) is 5.30. The maximum Gasteiger partial charge on any atom is 0.407 e. The molecule has 7 nitrogen and oxygen atoms in total. The van der Waals surface area contributed by atoms with E-state index < -0.39 is 30.1 Å². The van der Waals surface area contributed by atoms with E-state index in [0.29, 0.717) is 40.7 Å². The highest BCUT2D eigenvalue weighted by molar-refractivity contribution is 6.31. The molecule has 2 aliphatic rings. The van der Waals surface area contributed by atoms with Crippen LogP contribution in [-0.2, 0) is 24.7 Å². The first-order valence-electron chi connectivity index (χ1n) is 18.2. The molecule has 1 aliphatic carbocycles. The summed E-state index contributed by atoms with van der Waals surface area (Å²) in [6.07, 6.45) is 0.484. The quantitative estimate of drug-likeness (QED) is 0.115. The van der Waals surface area contributed by atoms with E-state index in [1.807, 2.05) is 116 Å². The van der Waals surface area contributed by atoms with Crippen LogP contribution in [0.25, 0.3) is 11.1 Å². The highest BCUT2D eigenvalue weighted by atomic mass is 35.5. The number of halogens is 1. The van der Waals surface area contributed by atoms with Gasteiger partial charge in [0.1, 0.15) is 12.6 Å². The fourth-order valence-electron chi connectivity index (χ4n) is 7.67. The summed E-state index contributed by atoms with van der Waals surface area (Å²) in [5.74, 6) is -0.709. The van der Waals surface area contributed by atoms with Crippen molar-refractivity contribution in [3.63, 3.8) is 0 Å². The van der Waals surface area contributed by atoms with Crippen LogP contribution < -0.4 is 5.32 Å². The van der Waals surface area contributed by atoms with Crippen LogP contribution in [0.4, 0.5) is 4.79 Å². The van der Waals surface area contributed by atoms with Gasteiger partial charge >= 0.3 is 12.1 Å².